The first kappa shape index (κ1) is 14.5. The van der Waals surface area contributed by atoms with Gasteiger partial charge in [-0.25, -0.2) is 0 Å². The summed E-state index contributed by atoms with van der Waals surface area (Å²) in [7, 11) is 0. The molecule has 4 heteroatoms. The van der Waals surface area contributed by atoms with E-state index in [0.29, 0.717) is 10.7 Å². The predicted molar refractivity (Wildman–Crippen MR) is 81.0 cm³/mol. The molecule has 0 fully saturated rings. The van der Waals surface area contributed by atoms with E-state index in [-0.39, 0.29) is 11.9 Å². The van der Waals surface area contributed by atoms with Crippen LogP contribution in [-0.2, 0) is 0 Å². The van der Waals surface area contributed by atoms with Gasteiger partial charge in [-0.15, -0.1) is 0 Å². The summed E-state index contributed by atoms with van der Waals surface area (Å²) in [4.78, 5) is 16.2. The second-order valence-corrected chi connectivity index (χ2v) is 5.35. The minimum Gasteiger partial charge on any atom is -0.344 e. The Hall–Kier alpha value is -1.87. The molecule has 1 heterocycles. The van der Waals surface area contributed by atoms with Crippen molar-refractivity contribution in [2.75, 3.05) is 0 Å². The Labute approximate surface area is 124 Å². The lowest BCUT2D eigenvalue weighted by molar-refractivity contribution is 0.0935. The van der Waals surface area contributed by atoms with E-state index in [2.05, 4.69) is 23.3 Å². The molecular formula is C16H17ClN2O. The third-order valence-electron chi connectivity index (χ3n) is 3.19. The third-order valence-corrected chi connectivity index (χ3v) is 3.43. The summed E-state index contributed by atoms with van der Waals surface area (Å²) in [6, 6.07) is 9.32. The molecular weight excluding hydrogens is 272 g/mol. The van der Waals surface area contributed by atoms with Gasteiger partial charge in [0.1, 0.15) is 5.69 Å². The first-order chi connectivity index (χ1) is 9.47. The maximum atomic E-state index is 12.1. The van der Waals surface area contributed by atoms with E-state index in [4.69, 9.17) is 11.6 Å². The summed E-state index contributed by atoms with van der Waals surface area (Å²) in [5.41, 5.74) is 3.80. The number of hydrogen-bond acceptors (Lipinski definition) is 2. The monoisotopic (exact) mass is 288 g/mol. The number of carbonyl (C=O) groups is 1. The first-order valence-electron chi connectivity index (χ1n) is 6.47. The number of amides is 1. The van der Waals surface area contributed by atoms with Crippen LogP contribution in [0, 0.1) is 13.8 Å². The molecule has 0 bridgehead atoms. The molecule has 0 saturated carbocycles. The van der Waals surface area contributed by atoms with Crippen LogP contribution in [0.3, 0.4) is 0 Å². The highest BCUT2D eigenvalue weighted by atomic mass is 35.5. The number of benzene rings is 1. The molecule has 0 aliphatic heterocycles. The van der Waals surface area contributed by atoms with Gasteiger partial charge in [0.2, 0.25) is 0 Å². The van der Waals surface area contributed by atoms with E-state index >= 15 is 0 Å². The van der Waals surface area contributed by atoms with Crippen LogP contribution in [0.15, 0.2) is 36.5 Å². The molecule has 20 heavy (non-hydrogen) atoms. The number of halogens is 1. The van der Waals surface area contributed by atoms with Crippen LogP contribution >= 0.6 is 11.6 Å². The topological polar surface area (TPSA) is 42.0 Å². The fourth-order valence-corrected chi connectivity index (χ4v) is 2.35. The number of hydrogen-bond donors (Lipinski definition) is 1. The maximum absolute atomic E-state index is 12.1. The van der Waals surface area contributed by atoms with Crippen molar-refractivity contribution in [1.29, 1.82) is 0 Å². The van der Waals surface area contributed by atoms with Gasteiger partial charge in [0, 0.05) is 11.2 Å². The number of nitrogens with one attached hydrogen (secondary N) is 1. The Bertz CT molecular complexity index is 640. The fourth-order valence-electron chi connectivity index (χ4n) is 2.19. The van der Waals surface area contributed by atoms with Gasteiger partial charge in [-0.05, 0) is 44.0 Å². The molecule has 2 rings (SSSR count). The lowest BCUT2D eigenvalue weighted by Gasteiger charge is -2.17. The Kier molecular flexibility index (Phi) is 4.40. The van der Waals surface area contributed by atoms with Gasteiger partial charge in [-0.3, -0.25) is 9.78 Å². The molecule has 1 aromatic carbocycles. The van der Waals surface area contributed by atoms with Gasteiger partial charge >= 0.3 is 0 Å². The molecule has 1 aromatic heterocycles. The standard InChI is InChI=1S/C16H17ClN2O/c1-10-4-5-14(11(2)8-10)12(3)19-16(20)15-9-13(17)6-7-18-15/h4-9,12H,1-3H3,(H,19,20). The highest BCUT2D eigenvalue weighted by Gasteiger charge is 2.14. The van der Waals surface area contributed by atoms with E-state index in [1.54, 1.807) is 12.1 Å². The van der Waals surface area contributed by atoms with E-state index in [1.165, 1.54) is 11.8 Å². The number of nitrogens with zero attached hydrogens (tertiary/aromatic N) is 1. The average Bonchev–Trinajstić information content (AvgIpc) is 2.38. The molecule has 1 amide bonds. The highest BCUT2D eigenvalue weighted by Crippen LogP contribution is 2.19. The maximum Gasteiger partial charge on any atom is 0.270 e. The zero-order chi connectivity index (χ0) is 14.7. The van der Waals surface area contributed by atoms with Crippen molar-refractivity contribution in [1.82, 2.24) is 10.3 Å². The average molecular weight is 289 g/mol. The van der Waals surface area contributed by atoms with Crippen molar-refractivity contribution in [3.63, 3.8) is 0 Å². The zero-order valence-corrected chi connectivity index (χ0v) is 12.5. The van der Waals surface area contributed by atoms with Crippen LogP contribution in [0.25, 0.3) is 0 Å². The summed E-state index contributed by atoms with van der Waals surface area (Å²) < 4.78 is 0. The van der Waals surface area contributed by atoms with Crippen molar-refractivity contribution < 1.29 is 4.79 Å². The largest absolute Gasteiger partial charge is 0.344 e. The van der Waals surface area contributed by atoms with Gasteiger partial charge in [0.25, 0.3) is 5.91 Å². The molecule has 0 saturated heterocycles. The lowest BCUT2D eigenvalue weighted by atomic mass is 10.0. The summed E-state index contributed by atoms with van der Waals surface area (Å²) in [5.74, 6) is -0.222. The number of carbonyl (C=O) groups excluding carboxylic acids is 1. The number of rotatable bonds is 3. The highest BCUT2D eigenvalue weighted by molar-refractivity contribution is 6.30. The SMILES string of the molecule is Cc1ccc(C(C)NC(=O)c2cc(Cl)ccn2)c(C)c1. The van der Waals surface area contributed by atoms with Crippen molar-refractivity contribution in [3.8, 4) is 0 Å². The van der Waals surface area contributed by atoms with Crippen LogP contribution in [0.2, 0.25) is 5.02 Å². The Morgan fingerprint density at radius 2 is 2.00 bits per heavy atom. The smallest absolute Gasteiger partial charge is 0.270 e. The molecule has 2 aromatic rings. The minimum atomic E-state index is -0.222. The summed E-state index contributed by atoms with van der Waals surface area (Å²) in [5, 5.41) is 3.44. The van der Waals surface area contributed by atoms with Gasteiger partial charge < -0.3 is 5.32 Å². The molecule has 1 atom stereocenters. The molecule has 3 nitrogen and oxygen atoms in total. The van der Waals surface area contributed by atoms with Crippen molar-refractivity contribution in [2.24, 2.45) is 0 Å². The fraction of sp³-hybridized carbons (Fsp3) is 0.250. The molecule has 0 aliphatic carbocycles. The van der Waals surface area contributed by atoms with Gasteiger partial charge in [-0.2, -0.15) is 0 Å². The molecule has 0 spiro atoms. The molecule has 104 valence electrons. The van der Waals surface area contributed by atoms with E-state index < -0.39 is 0 Å². The molecule has 0 radical (unpaired) electrons. The van der Waals surface area contributed by atoms with Crippen LogP contribution in [0.1, 0.15) is 40.1 Å². The van der Waals surface area contributed by atoms with E-state index in [1.807, 2.05) is 26.0 Å². The quantitative estimate of drug-likeness (QED) is 0.932. The lowest BCUT2D eigenvalue weighted by Crippen LogP contribution is -2.27. The van der Waals surface area contributed by atoms with Gasteiger partial charge in [-0.1, -0.05) is 35.4 Å². The van der Waals surface area contributed by atoms with E-state index in [0.717, 1.165) is 11.1 Å². The second-order valence-electron chi connectivity index (χ2n) is 4.91. The minimum absolute atomic E-state index is 0.0797. The van der Waals surface area contributed by atoms with Crippen LogP contribution in [0.5, 0.6) is 0 Å². The van der Waals surface area contributed by atoms with Crippen molar-refractivity contribution >= 4 is 17.5 Å². The number of aryl methyl sites for hydroxylation is 2. The summed E-state index contributed by atoms with van der Waals surface area (Å²) in [6.45, 7) is 6.05. The Morgan fingerprint density at radius 1 is 1.25 bits per heavy atom. The van der Waals surface area contributed by atoms with Crippen LogP contribution in [-0.4, -0.2) is 10.9 Å². The van der Waals surface area contributed by atoms with Crippen molar-refractivity contribution in [2.45, 2.75) is 26.8 Å². The second kappa shape index (κ2) is 6.06. The Balaban J connectivity index is 2.15. The normalized spacial score (nSPS) is 12.0. The van der Waals surface area contributed by atoms with Gasteiger partial charge in [0.05, 0.1) is 6.04 Å². The third kappa shape index (κ3) is 3.36. The zero-order valence-electron chi connectivity index (χ0n) is 11.8. The van der Waals surface area contributed by atoms with Gasteiger partial charge in [0.15, 0.2) is 0 Å². The molecule has 1 unspecified atom stereocenters. The van der Waals surface area contributed by atoms with Crippen molar-refractivity contribution in [3.05, 3.63) is 63.9 Å². The summed E-state index contributed by atoms with van der Waals surface area (Å²) in [6.07, 6.45) is 1.53. The van der Waals surface area contributed by atoms with Crippen LogP contribution in [0.4, 0.5) is 0 Å². The van der Waals surface area contributed by atoms with Crippen LogP contribution < -0.4 is 5.32 Å². The van der Waals surface area contributed by atoms with E-state index in [9.17, 15) is 4.79 Å². The Morgan fingerprint density at radius 3 is 2.65 bits per heavy atom. The summed E-state index contributed by atoms with van der Waals surface area (Å²) >= 11 is 5.87. The number of aromatic nitrogens is 1. The molecule has 0 aliphatic rings. The number of pyridine rings is 1. The first-order valence-corrected chi connectivity index (χ1v) is 6.84. The molecule has 1 N–H and O–H groups in total. The predicted octanol–water partition coefficient (Wildman–Crippen LogP) is 3.84.